The Hall–Kier alpha value is -4.88. The predicted molar refractivity (Wildman–Crippen MR) is 172 cm³/mol. The first-order chi connectivity index (χ1) is 21.8. The van der Waals surface area contributed by atoms with Crippen LogP contribution in [0.25, 0.3) is 32.2 Å². The molecule has 5 aromatic rings. The predicted octanol–water partition coefficient (Wildman–Crippen LogP) is 4.74. The molecular formula is C32H25ClFN7O3S. The summed E-state index contributed by atoms with van der Waals surface area (Å²) in [6.07, 6.45) is 3.07. The highest BCUT2D eigenvalue weighted by molar-refractivity contribution is 7.18. The third-order valence-corrected chi connectivity index (χ3v) is 9.01. The average Bonchev–Trinajstić information content (AvgIpc) is 3.48. The van der Waals surface area contributed by atoms with Crippen LogP contribution in [0, 0.1) is 30.1 Å². The summed E-state index contributed by atoms with van der Waals surface area (Å²) < 4.78 is 14.9. The van der Waals surface area contributed by atoms with Gasteiger partial charge in [-0.05, 0) is 31.2 Å². The quantitative estimate of drug-likeness (QED) is 0.261. The van der Waals surface area contributed by atoms with Crippen LogP contribution in [0.5, 0.6) is 0 Å². The molecule has 0 unspecified atom stereocenters. The van der Waals surface area contributed by atoms with Gasteiger partial charge in [0, 0.05) is 66.0 Å². The van der Waals surface area contributed by atoms with Crippen molar-refractivity contribution in [3.05, 3.63) is 79.9 Å². The number of piperazine rings is 1. The van der Waals surface area contributed by atoms with Crippen molar-refractivity contribution in [1.82, 2.24) is 24.4 Å². The minimum atomic E-state index is -1.06. The Morgan fingerprint density at radius 1 is 1.18 bits per heavy atom. The summed E-state index contributed by atoms with van der Waals surface area (Å²) in [7, 11) is 0. The van der Waals surface area contributed by atoms with Crippen LogP contribution in [-0.2, 0) is 6.54 Å². The van der Waals surface area contributed by atoms with E-state index in [1.807, 2.05) is 9.80 Å². The molecule has 226 valence electrons. The number of nitrogens with zero attached hydrogens (tertiary/aromatic N) is 7. The van der Waals surface area contributed by atoms with Gasteiger partial charge in [-0.15, -0.1) is 11.3 Å². The number of benzene rings is 1. The van der Waals surface area contributed by atoms with Crippen LogP contribution >= 0.6 is 22.9 Å². The van der Waals surface area contributed by atoms with Gasteiger partial charge in [-0.2, -0.15) is 5.26 Å². The number of aromatic carboxylic acids is 1. The molecule has 0 amide bonds. The highest BCUT2D eigenvalue weighted by Gasteiger charge is 2.24. The van der Waals surface area contributed by atoms with E-state index in [-0.39, 0.29) is 23.1 Å². The van der Waals surface area contributed by atoms with Crippen molar-refractivity contribution < 1.29 is 14.3 Å². The SMILES string of the molecule is Cc1nc2cnc(N3CCN(CCF)CC3)c(C#N)c2c(=O)n1CC#Cc1ccc(Cl)cc1-c1ccnc2c(C(=O)O)csc12. The number of rotatable bonds is 6. The molecule has 0 bridgehead atoms. The molecule has 13 heteroatoms. The first-order valence-corrected chi connectivity index (χ1v) is 15.3. The van der Waals surface area contributed by atoms with Crippen LogP contribution in [0.2, 0.25) is 5.02 Å². The van der Waals surface area contributed by atoms with Gasteiger partial charge in [0.05, 0.1) is 39.4 Å². The zero-order valence-electron chi connectivity index (χ0n) is 24.0. The fraction of sp³-hybridized carbons (Fsp3) is 0.250. The minimum absolute atomic E-state index is 0.00796. The van der Waals surface area contributed by atoms with Crippen LogP contribution in [0.15, 0.2) is 46.8 Å². The number of halogens is 2. The summed E-state index contributed by atoms with van der Waals surface area (Å²) in [6, 6.07) is 9.22. The van der Waals surface area contributed by atoms with Crippen molar-refractivity contribution in [2.75, 3.05) is 44.3 Å². The fourth-order valence-electron chi connectivity index (χ4n) is 5.50. The number of aryl methyl sites for hydroxylation is 1. The number of pyridine rings is 2. The highest BCUT2D eigenvalue weighted by Crippen LogP contribution is 2.36. The molecule has 6 rings (SSSR count). The van der Waals surface area contributed by atoms with E-state index < -0.39 is 18.2 Å². The standard InChI is InChI=1S/C32H25ClFN7O3S/c1-19-38-26-17-37-30(40-13-11-39(10-7-34)12-14-40)24(16-35)27(26)31(42)41(19)9-2-3-20-4-5-21(33)15-23(20)22-6-8-36-28-25(32(43)44)18-45-29(22)28/h4-6,8,15,17-18H,7,9-14H2,1H3,(H,43,44). The van der Waals surface area contributed by atoms with Gasteiger partial charge in [0.25, 0.3) is 5.56 Å². The third kappa shape index (κ3) is 5.71. The number of carboxylic acid groups (broad SMARTS) is 1. The van der Waals surface area contributed by atoms with Crippen molar-refractivity contribution in [2.45, 2.75) is 13.5 Å². The van der Waals surface area contributed by atoms with E-state index >= 15 is 0 Å². The van der Waals surface area contributed by atoms with Crippen molar-refractivity contribution in [2.24, 2.45) is 0 Å². The normalized spacial score (nSPS) is 13.5. The maximum atomic E-state index is 13.8. The minimum Gasteiger partial charge on any atom is -0.478 e. The summed E-state index contributed by atoms with van der Waals surface area (Å²) in [5.41, 5.74) is 2.69. The molecule has 1 aliphatic rings. The Morgan fingerprint density at radius 2 is 1.98 bits per heavy atom. The van der Waals surface area contributed by atoms with Gasteiger partial charge in [-0.1, -0.05) is 23.4 Å². The van der Waals surface area contributed by atoms with E-state index in [0.717, 1.165) is 5.56 Å². The molecule has 1 N–H and O–H groups in total. The molecule has 45 heavy (non-hydrogen) atoms. The van der Waals surface area contributed by atoms with Gasteiger partial charge < -0.3 is 10.0 Å². The molecule has 1 saturated heterocycles. The van der Waals surface area contributed by atoms with Gasteiger partial charge in [0.1, 0.15) is 29.9 Å². The third-order valence-electron chi connectivity index (χ3n) is 7.77. The number of thiophene rings is 1. The first kappa shape index (κ1) is 30.2. The van der Waals surface area contributed by atoms with Crippen LogP contribution in [0.3, 0.4) is 0 Å². The van der Waals surface area contributed by atoms with Crippen molar-refractivity contribution >= 4 is 55.8 Å². The number of alkyl halides is 1. The lowest BCUT2D eigenvalue weighted by Gasteiger charge is -2.35. The summed E-state index contributed by atoms with van der Waals surface area (Å²) in [5, 5.41) is 21.9. The number of fused-ring (bicyclic) bond motifs is 2. The average molecular weight is 642 g/mol. The number of carbonyl (C=O) groups is 1. The van der Waals surface area contributed by atoms with Crippen molar-refractivity contribution in [1.29, 1.82) is 5.26 Å². The lowest BCUT2D eigenvalue weighted by Crippen LogP contribution is -2.47. The molecule has 5 heterocycles. The number of hydrogen-bond donors (Lipinski definition) is 1. The Balaban J connectivity index is 1.37. The van der Waals surface area contributed by atoms with E-state index in [2.05, 4.69) is 32.9 Å². The largest absolute Gasteiger partial charge is 0.478 e. The van der Waals surface area contributed by atoms with E-state index in [0.29, 0.717) is 76.2 Å². The fourth-order valence-corrected chi connectivity index (χ4v) is 6.70. The number of nitriles is 1. The van der Waals surface area contributed by atoms with Gasteiger partial charge in [0.2, 0.25) is 0 Å². The van der Waals surface area contributed by atoms with Gasteiger partial charge in [-0.3, -0.25) is 19.2 Å². The van der Waals surface area contributed by atoms with Gasteiger partial charge in [0.15, 0.2) is 0 Å². The van der Waals surface area contributed by atoms with Crippen LogP contribution in [0.4, 0.5) is 10.2 Å². The second-order valence-corrected chi connectivity index (χ2v) is 11.7. The van der Waals surface area contributed by atoms with Crippen LogP contribution < -0.4 is 10.5 Å². The van der Waals surface area contributed by atoms with E-state index in [1.165, 1.54) is 22.1 Å². The smallest absolute Gasteiger partial charge is 0.338 e. The molecule has 1 fully saturated rings. The summed E-state index contributed by atoms with van der Waals surface area (Å²) >= 11 is 7.64. The Kier molecular flexibility index (Phi) is 8.46. The summed E-state index contributed by atoms with van der Waals surface area (Å²) in [5.74, 6) is 6.01. The molecule has 0 radical (unpaired) electrons. The topological polar surface area (TPSA) is 128 Å². The maximum Gasteiger partial charge on any atom is 0.338 e. The second-order valence-electron chi connectivity index (χ2n) is 10.4. The molecule has 0 atom stereocenters. The number of anilines is 1. The van der Waals surface area contributed by atoms with E-state index in [4.69, 9.17) is 11.6 Å². The molecule has 10 nitrogen and oxygen atoms in total. The zero-order chi connectivity index (χ0) is 31.7. The van der Waals surface area contributed by atoms with Crippen LogP contribution in [-0.4, -0.2) is 74.9 Å². The molecule has 4 aromatic heterocycles. The van der Waals surface area contributed by atoms with Gasteiger partial charge >= 0.3 is 5.97 Å². The molecule has 1 aliphatic heterocycles. The lowest BCUT2D eigenvalue weighted by molar-refractivity contribution is 0.0699. The van der Waals surface area contributed by atoms with Crippen molar-refractivity contribution in [3.63, 3.8) is 0 Å². The number of hydrogen-bond acceptors (Lipinski definition) is 9. The summed E-state index contributed by atoms with van der Waals surface area (Å²) in [6.45, 7) is 4.03. The molecule has 0 aliphatic carbocycles. The second kappa shape index (κ2) is 12.6. The molecular weight excluding hydrogens is 617 g/mol. The number of carboxylic acids is 1. The highest BCUT2D eigenvalue weighted by atomic mass is 35.5. The Morgan fingerprint density at radius 3 is 2.71 bits per heavy atom. The molecule has 0 spiro atoms. The number of aromatic nitrogens is 4. The van der Waals surface area contributed by atoms with Crippen molar-refractivity contribution in [3.8, 4) is 29.0 Å². The monoisotopic (exact) mass is 641 g/mol. The van der Waals surface area contributed by atoms with Crippen LogP contribution in [0.1, 0.15) is 27.3 Å². The Bertz CT molecular complexity index is 2140. The summed E-state index contributed by atoms with van der Waals surface area (Å²) in [4.78, 5) is 42.8. The molecule has 1 aromatic carbocycles. The first-order valence-electron chi connectivity index (χ1n) is 14.0. The molecule has 0 saturated carbocycles. The van der Waals surface area contributed by atoms with E-state index in [9.17, 15) is 24.3 Å². The zero-order valence-corrected chi connectivity index (χ0v) is 25.6. The maximum absolute atomic E-state index is 13.8. The van der Waals surface area contributed by atoms with E-state index in [1.54, 1.807) is 42.8 Å². The Labute approximate surface area is 266 Å². The lowest BCUT2D eigenvalue weighted by atomic mass is 10.00. The van der Waals surface area contributed by atoms with Gasteiger partial charge in [-0.25, -0.2) is 19.2 Å².